The largest absolute Gasteiger partial charge is 0.497 e. The van der Waals surface area contributed by atoms with Gasteiger partial charge in [0.15, 0.2) is 11.5 Å². The van der Waals surface area contributed by atoms with E-state index < -0.39 is 28.5 Å². The molecule has 1 N–H and O–H groups in total. The Kier molecular flexibility index (Phi) is 10.5. The zero-order chi connectivity index (χ0) is 31.8. The highest BCUT2D eigenvalue weighted by molar-refractivity contribution is 7.92. The molecule has 0 aromatic heterocycles. The fourth-order valence-electron chi connectivity index (χ4n) is 5.83. The van der Waals surface area contributed by atoms with Gasteiger partial charge in [0.1, 0.15) is 31.5 Å². The van der Waals surface area contributed by atoms with E-state index in [0.717, 1.165) is 42.0 Å². The zero-order valence-electron chi connectivity index (χ0n) is 25.8. The van der Waals surface area contributed by atoms with Crippen LogP contribution in [0.3, 0.4) is 0 Å². The van der Waals surface area contributed by atoms with Crippen LogP contribution in [-0.2, 0) is 26.2 Å². The minimum atomic E-state index is -4.19. The van der Waals surface area contributed by atoms with Crippen LogP contribution in [0.15, 0.2) is 77.7 Å². The third-order valence-electron chi connectivity index (χ3n) is 8.27. The molecule has 1 atom stereocenters. The van der Waals surface area contributed by atoms with Gasteiger partial charge in [-0.15, -0.1) is 0 Å². The Hall–Kier alpha value is -4.25. The molecule has 2 aliphatic rings. The Bertz CT molecular complexity index is 1560. The van der Waals surface area contributed by atoms with Crippen LogP contribution in [0.4, 0.5) is 5.69 Å². The molecule has 0 bridgehead atoms. The van der Waals surface area contributed by atoms with E-state index >= 15 is 0 Å². The molecule has 0 unspecified atom stereocenters. The lowest BCUT2D eigenvalue weighted by Gasteiger charge is -2.34. The lowest BCUT2D eigenvalue weighted by atomic mass is 9.95. The van der Waals surface area contributed by atoms with E-state index in [0.29, 0.717) is 36.9 Å². The third-order valence-corrected chi connectivity index (χ3v) is 10.1. The maximum Gasteiger partial charge on any atom is 0.264 e. The molecule has 1 aliphatic heterocycles. The molecule has 1 saturated carbocycles. The van der Waals surface area contributed by atoms with E-state index in [-0.39, 0.29) is 29.1 Å². The van der Waals surface area contributed by atoms with Gasteiger partial charge in [-0.2, -0.15) is 0 Å². The summed E-state index contributed by atoms with van der Waals surface area (Å²) in [6, 6.07) is 19.3. The highest BCUT2D eigenvalue weighted by Crippen LogP contribution is 2.36. The predicted molar refractivity (Wildman–Crippen MR) is 171 cm³/mol. The first-order valence-corrected chi connectivity index (χ1v) is 16.9. The molecule has 0 spiro atoms. The summed E-state index contributed by atoms with van der Waals surface area (Å²) in [5, 5.41) is 3.17. The summed E-state index contributed by atoms with van der Waals surface area (Å²) in [6.07, 6.45) is 5.42. The highest BCUT2D eigenvalue weighted by atomic mass is 32.2. The number of hydrogen-bond donors (Lipinski definition) is 1. The molecule has 5 rings (SSSR count). The molecule has 3 aromatic carbocycles. The minimum Gasteiger partial charge on any atom is -0.497 e. The summed E-state index contributed by atoms with van der Waals surface area (Å²) in [4.78, 5) is 29.6. The van der Waals surface area contributed by atoms with E-state index in [1.807, 2.05) is 19.1 Å². The molecule has 10 nitrogen and oxygen atoms in total. The molecular weight excluding hydrogens is 594 g/mol. The smallest absolute Gasteiger partial charge is 0.264 e. The van der Waals surface area contributed by atoms with Crippen LogP contribution >= 0.6 is 0 Å². The summed E-state index contributed by atoms with van der Waals surface area (Å²) >= 11 is 0. The third kappa shape index (κ3) is 7.70. The van der Waals surface area contributed by atoms with Crippen LogP contribution in [0.1, 0.15) is 51.0 Å². The maximum absolute atomic E-state index is 14.4. The Morgan fingerprint density at radius 3 is 2.29 bits per heavy atom. The van der Waals surface area contributed by atoms with Gasteiger partial charge >= 0.3 is 0 Å². The number of hydrogen-bond acceptors (Lipinski definition) is 7. The van der Waals surface area contributed by atoms with Gasteiger partial charge in [0.05, 0.1) is 17.7 Å². The number of carbonyl (C=O) groups is 2. The summed E-state index contributed by atoms with van der Waals surface area (Å²) in [7, 11) is -2.62. The first kappa shape index (κ1) is 32.2. The first-order valence-electron chi connectivity index (χ1n) is 15.5. The molecule has 1 fully saturated rings. The maximum atomic E-state index is 14.4. The van der Waals surface area contributed by atoms with Gasteiger partial charge in [-0.05, 0) is 61.2 Å². The van der Waals surface area contributed by atoms with Gasteiger partial charge in [-0.1, -0.05) is 56.5 Å². The Balaban J connectivity index is 1.50. The lowest BCUT2D eigenvalue weighted by Crippen LogP contribution is -2.54. The van der Waals surface area contributed by atoms with E-state index in [1.54, 1.807) is 55.6 Å². The van der Waals surface area contributed by atoms with Crippen LogP contribution in [0.25, 0.3) is 0 Å². The van der Waals surface area contributed by atoms with Gasteiger partial charge in [-0.3, -0.25) is 13.9 Å². The van der Waals surface area contributed by atoms with Crippen molar-refractivity contribution in [1.82, 2.24) is 10.2 Å². The summed E-state index contributed by atoms with van der Waals surface area (Å²) in [6.45, 7) is 2.15. The number of nitrogens with one attached hydrogen (secondary N) is 1. The van der Waals surface area contributed by atoms with Gasteiger partial charge in [0.25, 0.3) is 10.0 Å². The standard InChI is InChI=1S/C34H41N3O7S/c1-3-30(34(39)35-26-10-6-4-7-11-26)36(23-25-14-17-28(42-2)18-15-25)33(38)24-37(45(40,41)29-12-8-5-9-13-29)27-16-19-31-32(22-27)44-21-20-43-31/h5,8-9,12-19,22,26,30H,3-4,6-7,10-11,20-21,23-24H2,1-2H3,(H,35,39)/t30-/m1/s1. The molecule has 3 aromatic rings. The molecule has 240 valence electrons. The fourth-order valence-corrected chi connectivity index (χ4v) is 7.25. The van der Waals surface area contributed by atoms with Gasteiger partial charge < -0.3 is 24.4 Å². The second-order valence-electron chi connectivity index (χ2n) is 11.3. The van der Waals surface area contributed by atoms with Crippen LogP contribution in [0.2, 0.25) is 0 Å². The molecule has 0 radical (unpaired) electrons. The normalized spacial score (nSPS) is 15.5. The second kappa shape index (κ2) is 14.7. The molecule has 1 aliphatic carbocycles. The topological polar surface area (TPSA) is 114 Å². The van der Waals surface area contributed by atoms with Crippen molar-refractivity contribution >= 4 is 27.5 Å². The number of anilines is 1. The minimum absolute atomic E-state index is 0.0384. The first-order chi connectivity index (χ1) is 21.8. The number of nitrogens with zero attached hydrogens (tertiary/aromatic N) is 2. The van der Waals surface area contributed by atoms with Crippen molar-refractivity contribution in [1.29, 1.82) is 0 Å². The Morgan fingerprint density at radius 1 is 0.933 bits per heavy atom. The Morgan fingerprint density at radius 2 is 1.62 bits per heavy atom. The van der Waals surface area contributed by atoms with Gasteiger partial charge in [0, 0.05) is 18.7 Å². The number of sulfonamides is 1. The van der Waals surface area contributed by atoms with Crippen molar-refractivity contribution in [2.75, 3.05) is 31.2 Å². The second-order valence-corrected chi connectivity index (χ2v) is 13.2. The number of fused-ring (bicyclic) bond motifs is 1. The van der Waals surface area contributed by atoms with Crippen molar-refractivity contribution in [3.8, 4) is 17.2 Å². The van der Waals surface area contributed by atoms with Crippen LogP contribution < -0.4 is 23.8 Å². The fraction of sp³-hybridized carbons (Fsp3) is 0.412. The quantitative estimate of drug-likeness (QED) is 0.301. The summed E-state index contributed by atoms with van der Waals surface area (Å²) < 4.78 is 46.0. The van der Waals surface area contributed by atoms with Crippen LogP contribution in [0.5, 0.6) is 17.2 Å². The molecule has 1 heterocycles. The number of carbonyl (C=O) groups excluding carboxylic acids is 2. The van der Waals surface area contributed by atoms with Gasteiger partial charge in [-0.25, -0.2) is 8.42 Å². The predicted octanol–water partition coefficient (Wildman–Crippen LogP) is 4.92. The molecule has 2 amide bonds. The van der Waals surface area contributed by atoms with E-state index in [4.69, 9.17) is 14.2 Å². The lowest BCUT2D eigenvalue weighted by molar-refractivity contribution is -0.140. The van der Waals surface area contributed by atoms with Crippen molar-refractivity contribution in [2.45, 2.75) is 69.0 Å². The summed E-state index contributed by atoms with van der Waals surface area (Å²) in [5.74, 6) is 0.819. The van der Waals surface area contributed by atoms with Crippen molar-refractivity contribution in [3.63, 3.8) is 0 Å². The Labute approximate surface area is 265 Å². The van der Waals surface area contributed by atoms with E-state index in [9.17, 15) is 18.0 Å². The van der Waals surface area contributed by atoms with Gasteiger partial charge in [0.2, 0.25) is 11.8 Å². The number of rotatable bonds is 12. The zero-order valence-corrected chi connectivity index (χ0v) is 26.6. The van der Waals surface area contributed by atoms with Crippen LogP contribution in [-0.4, -0.2) is 64.1 Å². The van der Waals surface area contributed by atoms with Crippen molar-refractivity contribution < 1.29 is 32.2 Å². The molecule has 0 saturated heterocycles. The van der Waals surface area contributed by atoms with Crippen molar-refractivity contribution in [3.05, 3.63) is 78.4 Å². The monoisotopic (exact) mass is 635 g/mol. The molecule has 45 heavy (non-hydrogen) atoms. The average Bonchev–Trinajstić information content (AvgIpc) is 3.07. The number of amides is 2. The van der Waals surface area contributed by atoms with E-state index in [2.05, 4.69) is 5.32 Å². The number of methoxy groups -OCH3 is 1. The number of ether oxygens (including phenoxy) is 3. The SMILES string of the molecule is CC[C@H](C(=O)NC1CCCCC1)N(Cc1ccc(OC)cc1)C(=O)CN(c1ccc2c(c1)OCCO2)S(=O)(=O)c1ccccc1. The summed E-state index contributed by atoms with van der Waals surface area (Å²) in [5.41, 5.74) is 1.03. The van der Waals surface area contributed by atoms with Crippen LogP contribution in [0, 0.1) is 0 Å². The average molecular weight is 636 g/mol. The molecular formula is C34H41N3O7S. The highest BCUT2D eigenvalue weighted by Gasteiger charge is 2.35. The van der Waals surface area contributed by atoms with E-state index in [1.165, 1.54) is 17.0 Å². The number of benzene rings is 3. The molecule has 11 heteroatoms. The van der Waals surface area contributed by atoms with Crippen molar-refractivity contribution in [2.24, 2.45) is 0 Å².